The zero-order valence-corrected chi connectivity index (χ0v) is 15.2. The van der Waals surface area contributed by atoms with Crippen LogP contribution in [0.15, 0.2) is 54.6 Å². The minimum absolute atomic E-state index is 0. The lowest BCUT2D eigenvalue weighted by Gasteiger charge is -2.37. The normalized spacial score (nSPS) is 22.6. The first kappa shape index (κ1) is 18.0. The Morgan fingerprint density at radius 2 is 1.80 bits per heavy atom. The molecule has 2 aliphatic rings. The van der Waals surface area contributed by atoms with Crippen LogP contribution in [0, 0.1) is 5.92 Å². The molecule has 0 radical (unpaired) electrons. The van der Waals surface area contributed by atoms with Gasteiger partial charge in [-0.25, -0.2) is 0 Å². The van der Waals surface area contributed by atoms with E-state index in [0.29, 0.717) is 5.91 Å². The molecule has 0 saturated carbocycles. The average Bonchev–Trinajstić information content (AvgIpc) is 2.68. The van der Waals surface area contributed by atoms with E-state index in [1.165, 1.54) is 16.7 Å². The van der Waals surface area contributed by atoms with Gasteiger partial charge < -0.3 is 10.2 Å². The SMILES string of the molecule is Cl.O=C(C1CCCNC1)N1Cc2ccccc2C(c2ccccc2)C1. The van der Waals surface area contributed by atoms with E-state index in [1.54, 1.807) is 0 Å². The molecule has 2 unspecified atom stereocenters. The second kappa shape index (κ2) is 8.03. The molecule has 25 heavy (non-hydrogen) atoms. The highest BCUT2D eigenvalue weighted by Crippen LogP contribution is 2.34. The molecule has 1 saturated heterocycles. The summed E-state index contributed by atoms with van der Waals surface area (Å²) in [5.74, 6) is 0.731. The predicted octanol–water partition coefficient (Wildman–Crippen LogP) is 3.58. The van der Waals surface area contributed by atoms with Gasteiger partial charge >= 0.3 is 0 Å². The molecule has 132 valence electrons. The van der Waals surface area contributed by atoms with Gasteiger partial charge in [-0.15, -0.1) is 12.4 Å². The first-order chi connectivity index (χ1) is 11.8. The number of piperidine rings is 1. The van der Waals surface area contributed by atoms with Gasteiger partial charge in [-0.05, 0) is 36.1 Å². The average molecular weight is 357 g/mol. The van der Waals surface area contributed by atoms with E-state index in [0.717, 1.165) is 39.0 Å². The maximum Gasteiger partial charge on any atom is 0.227 e. The molecular weight excluding hydrogens is 332 g/mol. The molecule has 2 aliphatic heterocycles. The molecular formula is C21H25ClN2O. The van der Waals surface area contributed by atoms with E-state index < -0.39 is 0 Å². The fourth-order valence-electron chi connectivity index (χ4n) is 4.07. The standard InChI is InChI=1S/C21H24N2O.ClH/c24-21(17-10-6-12-22-13-17)23-14-18-9-4-5-11-19(18)20(15-23)16-7-2-1-3-8-16;/h1-5,7-9,11,17,20,22H,6,10,12-15H2;1H. The zero-order valence-electron chi connectivity index (χ0n) is 14.4. The molecule has 3 nitrogen and oxygen atoms in total. The van der Waals surface area contributed by atoms with Crippen molar-refractivity contribution in [3.8, 4) is 0 Å². The van der Waals surface area contributed by atoms with Crippen LogP contribution < -0.4 is 5.32 Å². The number of halogens is 1. The summed E-state index contributed by atoms with van der Waals surface area (Å²) in [5.41, 5.74) is 3.95. The molecule has 1 fully saturated rings. The van der Waals surface area contributed by atoms with E-state index in [9.17, 15) is 4.79 Å². The fraction of sp³-hybridized carbons (Fsp3) is 0.381. The Balaban J connectivity index is 0.00000182. The molecule has 1 amide bonds. The number of benzene rings is 2. The summed E-state index contributed by atoms with van der Waals surface area (Å²) in [4.78, 5) is 15.1. The Hall–Kier alpha value is -1.84. The van der Waals surface area contributed by atoms with E-state index in [2.05, 4.69) is 64.8 Å². The molecule has 0 aromatic heterocycles. The molecule has 2 atom stereocenters. The second-order valence-corrected chi connectivity index (χ2v) is 6.92. The summed E-state index contributed by atoms with van der Waals surface area (Å²) in [6.07, 6.45) is 2.11. The van der Waals surface area contributed by atoms with E-state index >= 15 is 0 Å². The summed E-state index contributed by atoms with van der Waals surface area (Å²) in [6, 6.07) is 19.2. The Morgan fingerprint density at radius 3 is 2.56 bits per heavy atom. The van der Waals surface area contributed by atoms with Crippen LogP contribution >= 0.6 is 12.4 Å². The second-order valence-electron chi connectivity index (χ2n) is 6.92. The van der Waals surface area contributed by atoms with Crippen molar-refractivity contribution in [2.75, 3.05) is 19.6 Å². The van der Waals surface area contributed by atoms with Gasteiger partial charge in [0.15, 0.2) is 0 Å². The lowest BCUT2D eigenvalue weighted by atomic mass is 9.84. The molecule has 4 rings (SSSR count). The van der Waals surface area contributed by atoms with Gasteiger partial charge in [0.1, 0.15) is 0 Å². The Kier molecular flexibility index (Phi) is 5.77. The van der Waals surface area contributed by atoms with Crippen LogP contribution in [0.5, 0.6) is 0 Å². The number of nitrogens with zero attached hydrogens (tertiary/aromatic N) is 1. The number of hydrogen-bond acceptors (Lipinski definition) is 2. The lowest BCUT2D eigenvalue weighted by Crippen LogP contribution is -2.46. The Bertz CT molecular complexity index is 713. The van der Waals surface area contributed by atoms with Crippen molar-refractivity contribution in [3.05, 3.63) is 71.3 Å². The summed E-state index contributed by atoms with van der Waals surface area (Å²) >= 11 is 0. The number of hydrogen-bond donors (Lipinski definition) is 1. The predicted molar refractivity (Wildman–Crippen MR) is 103 cm³/mol. The Labute approximate surface area is 155 Å². The maximum absolute atomic E-state index is 13.0. The van der Waals surface area contributed by atoms with Gasteiger partial charge in [-0.2, -0.15) is 0 Å². The third-order valence-corrected chi connectivity index (χ3v) is 5.35. The molecule has 2 aromatic carbocycles. The van der Waals surface area contributed by atoms with Gasteiger partial charge in [0.2, 0.25) is 5.91 Å². The van der Waals surface area contributed by atoms with Crippen LogP contribution in [-0.2, 0) is 11.3 Å². The van der Waals surface area contributed by atoms with Gasteiger partial charge in [0.25, 0.3) is 0 Å². The molecule has 2 heterocycles. The number of nitrogens with one attached hydrogen (secondary N) is 1. The molecule has 0 bridgehead atoms. The minimum Gasteiger partial charge on any atom is -0.337 e. The summed E-state index contributed by atoms with van der Waals surface area (Å²) in [7, 11) is 0. The molecule has 0 aliphatic carbocycles. The quantitative estimate of drug-likeness (QED) is 0.892. The number of amides is 1. The van der Waals surface area contributed by atoms with E-state index in [4.69, 9.17) is 0 Å². The number of carbonyl (C=O) groups is 1. The number of fused-ring (bicyclic) bond motifs is 1. The number of carbonyl (C=O) groups excluding carboxylic acids is 1. The highest BCUT2D eigenvalue weighted by molar-refractivity contribution is 5.85. The smallest absolute Gasteiger partial charge is 0.227 e. The minimum atomic E-state index is 0. The van der Waals surface area contributed by atoms with Gasteiger partial charge in [-0.1, -0.05) is 54.6 Å². The van der Waals surface area contributed by atoms with Crippen molar-refractivity contribution in [1.29, 1.82) is 0 Å². The van der Waals surface area contributed by atoms with Crippen LogP contribution in [0.25, 0.3) is 0 Å². The van der Waals surface area contributed by atoms with Gasteiger partial charge in [0.05, 0.1) is 5.92 Å². The van der Waals surface area contributed by atoms with Crippen molar-refractivity contribution >= 4 is 18.3 Å². The van der Waals surface area contributed by atoms with Gasteiger partial charge in [-0.3, -0.25) is 4.79 Å². The zero-order chi connectivity index (χ0) is 16.4. The summed E-state index contributed by atoms with van der Waals surface area (Å²) < 4.78 is 0. The van der Waals surface area contributed by atoms with Crippen LogP contribution in [0.4, 0.5) is 0 Å². The summed E-state index contributed by atoms with van der Waals surface area (Å²) in [5, 5.41) is 3.37. The monoisotopic (exact) mass is 356 g/mol. The molecule has 4 heteroatoms. The van der Waals surface area contributed by atoms with E-state index in [1.807, 2.05) is 0 Å². The van der Waals surface area contributed by atoms with Crippen molar-refractivity contribution in [1.82, 2.24) is 10.2 Å². The third-order valence-electron chi connectivity index (χ3n) is 5.35. The lowest BCUT2D eigenvalue weighted by molar-refractivity contribution is -0.137. The van der Waals surface area contributed by atoms with Crippen molar-refractivity contribution in [2.45, 2.75) is 25.3 Å². The Morgan fingerprint density at radius 1 is 1.04 bits per heavy atom. The summed E-state index contributed by atoms with van der Waals surface area (Å²) in [6.45, 7) is 3.40. The molecule has 0 spiro atoms. The topological polar surface area (TPSA) is 32.3 Å². The van der Waals surface area contributed by atoms with Crippen molar-refractivity contribution in [2.24, 2.45) is 5.92 Å². The fourth-order valence-corrected chi connectivity index (χ4v) is 4.07. The van der Waals surface area contributed by atoms with Crippen molar-refractivity contribution < 1.29 is 4.79 Å². The van der Waals surface area contributed by atoms with Crippen LogP contribution in [0.3, 0.4) is 0 Å². The van der Waals surface area contributed by atoms with Gasteiger partial charge in [0, 0.05) is 25.6 Å². The maximum atomic E-state index is 13.0. The van der Waals surface area contributed by atoms with E-state index in [-0.39, 0.29) is 24.2 Å². The van der Waals surface area contributed by atoms with Crippen molar-refractivity contribution in [3.63, 3.8) is 0 Å². The number of rotatable bonds is 2. The van der Waals surface area contributed by atoms with Crippen LogP contribution in [0.2, 0.25) is 0 Å². The van der Waals surface area contributed by atoms with Crippen LogP contribution in [0.1, 0.15) is 35.4 Å². The van der Waals surface area contributed by atoms with Crippen LogP contribution in [-0.4, -0.2) is 30.4 Å². The first-order valence-corrected chi connectivity index (χ1v) is 8.95. The highest BCUT2D eigenvalue weighted by Gasteiger charge is 2.32. The third kappa shape index (κ3) is 3.73. The molecule has 2 aromatic rings. The largest absolute Gasteiger partial charge is 0.337 e. The first-order valence-electron chi connectivity index (χ1n) is 8.95. The highest BCUT2D eigenvalue weighted by atomic mass is 35.5. The molecule has 1 N–H and O–H groups in total.